The zero-order valence-electron chi connectivity index (χ0n) is 15.6. The summed E-state index contributed by atoms with van der Waals surface area (Å²) < 4.78 is 13.1. The number of carbonyl (C=O) groups is 1. The first-order chi connectivity index (χ1) is 13.1. The molecule has 1 amide bonds. The van der Waals surface area contributed by atoms with Gasteiger partial charge in [-0.25, -0.2) is 0 Å². The molecule has 0 bridgehead atoms. The first kappa shape index (κ1) is 17.6. The van der Waals surface area contributed by atoms with E-state index in [1.807, 2.05) is 19.3 Å². The van der Waals surface area contributed by atoms with E-state index in [2.05, 4.69) is 22.5 Å². The summed E-state index contributed by atoms with van der Waals surface area (Å²) in [6.45, 7) is 1.80. The molecule has 1 fully saturated rings. The predicted molar refractivity (Wildman–Crippen MR) is 103 cm³/mol. The van der Waals surface area contributed by atoms with Gasteiger partial charge in [0.25, 0.3) is 0 Å². The Morgan fingerprint density at radius 1 is 1.26 bits per heavy atom. The second-order valence-corrected chi connectivity index (χ2v) is 7.34. The van der Waals surface area contributed by atoms with Crippen molar-refractivity contribution in [2.75, 3.05) is 19.8 Å². The summed E-state index contributed by atoms with van der Waals surface area (Å²) in [5, 5.41) is 7.20. The fourth-order valence-electron chi connectivity index (χ4n) is 4.01. The highest BCUT2D eigenvalue weighted by atomic mass is 16.6. The SMILES string of the molecule is Cn1cc(/C=C/C(=O)NCC2(c3ccc4c(c3)OCCO4)CCCC2)cn1. The van der Waals surface area contributed by atoms with Crippen LogP contribution < -0.4 is 14.8 Å². The first-order valence-electron chi connectivity index (χ1n) is 9.49. The van der Waals surface area contributed by atoms with Crippen molar-refractivity contribution in [3.8, 4) is 11.5 Å². The van der Waals surface area contributed by atoms with Crippen LogP contribution in [-0.4, -0.2) is 35.4 Å². The van der Waals surface area contributed by atoms with Gasteiger partial charge in [0.1, 0.15) is 13.2 Å². The fraction of sp³-hybridized carbons (Fsp3) is 0.429. The van der Waals surface area contributed by atoms with E-state index in [-0.39, 0.29) is 11.3 Å². The Hall–Kier alpha value is -2.76. The molecule has 27 heavy (non-hydrogen) atoms. The van der Waals surface area contributed by atoms with Crippen molar-refractivity contribution in [1.82, 2.24) is 15.1 Å². The number of rotatable bonds is 5. The van der Waals surface area contributed by atoms with Gasteiger partial charge in [0, 0.05) is 36.8 Å². The van der Waals surface area contributed by atoms with E-state index in [1.165, 1.54) is 18.4 Å². The van der Waals surface area contributed by atoms with Crippen LogP contribution in [0.5, 0.6) is 11.5 Å². The van der Waals surface area contributed by atoms with Crippen LogP contribution in [0, 0.1) is 0 Å². The summed E-state index contributed by atoms with van der Waals surface area (Å²) in [5.41, 5.74) is 2.10. The van der Waals surface area contributed by atoms with Crippen LogP contribution in [0.4, 0.5) is 0 Å². The molecular formula is C21H25N3O3. The number of aromatic nitrogens is 2. The molecule has 4 rings (SSSR count). The second kappa shape index (κ2) is 7.47. The molecule has 2 aliphatic rings. The highest BCUT2D eigenvalue weighted by molar-refractivity contribution is 5.91. The lowest BCUT2D eigenvalue weighted by Crippen LogP contribution is -2.38. The molecule has 2 heterocycles. The molecular weight excluding hydrogens is 342 g/mol. The standard InChI is InChI=1S/C21H25N3O3/c1-24-14-16(13-23-24)4-7-20(25)22-15-21(8-2-3-9-21)17-5-6-18-19(12-17)27-11-10-26-18/h4-7,12-14H,2-3,8-11,15H2,1H3,(H,22,25)/b7-4+. The maximum Gasteiger partial charge on any atom is 0.244 e. The van der Waals surface area contributed by atoms with Crippen molar-refractivity contribution in [2.24, 2.45) is 7.05 Å². The first-order valence-corrected chi connectivity index (χ1v) is 9.49. The highest BCUT2D eigenvalue weighted by Gasteiger charge is 2.36. The van der Waals surface area contributed by atoms with Gasteiger partial charge in [-0.05, 0) is 36.6 Å². The van der Waals surface area contributed by atoms with Crippen LogP contribution in [0.15, 0.2) is 36.7 Å². The van der Waals surface area contributed by atoms with Crippen molar-refractivity contribution in [3.63, 3.8) is 0 Å². The van der Waals surface area contributed by atoms with Crippen LogP contribution in [0.2, 0.25) is 0 Å². The van der Waals surface area contributed by atoms with Gasteiger partial charge in [-0.3, -0.25) is 9.48 Å². The molecule has 142 valence electrons. The Morgan fingerprint density at radius 2 is 2.04 bits per heavy atom. The number of aryl methyl sites for hydroxylation is 1. The zero-order chi connectivity index (χ0) is 18.7. The minimum Gasteiger partial charge on any atom is -0.486 e. The van der Waals surface area contributed by atoms with E-state index >= 15 is 0 Å². The molecule has 0 spiro atoms. The van der Waals surface area contributed by atoms with Gasteiger partial charge in [0.15, 0.2) is 11.5 Å². The van der Waals surface area contributed by atoms with Crippen LogP contribution in [-0.2, 0) is 17.3 Å². The average molecular weight is 367 g/mol. The number of nitrogens with one attached hydrogen (secondary N) is 1. The van der Waals surface area contributed by atoms with Crippen LogP contribution in [0.25, 0.3) is 6.08 Å². The Labute approximate surface area is 159 Å². The number of hydrogen-bond donors (Lipinski definition) is 1. The summed E-state index contributed by atoms with van der Waals surface area (Å²) in [4.78, 5) is 12.3. The summed E-state index contributed by atoms with van der Waals surface area (Å²) in [7, 11) is 1.86. The van der Waals surface area contributed by atoms with Gasteiger partial charge in [0.05, 0.1) is 6.20 Å². The lowest BCUT2D eigenvalue weighted by molar-refractivity contribution is -0.116. The topological polar surface area (TPSA) is 65.4 Å². The average Bonchev–Trinajstić information content (AvgIpc) is 3.34. The second-order valence-electron chi connectivity index (χ2n) is 7.34. The van der Waals surface area contributed by atoms with E-state index in [4.69, 9.17) is 9.47 Å². The molecule has 0 unspecified atom stereocenters. The number of hydrogen-bond acceptors (Lipinski definition) is 4. The Balaban J connectivity index is 1.46. The number of ether oxygens (including phenoxy) is 2. The summed E-state index contributed by atoms with van der Waals surface area (Å²) in [6.07, 6.45) is 11.5. The highest BCUT2D eigenvalue weighted by Crippen LogP contribution is 2.43. The van der Waals surface area contributed by atoms with Crippen molar-refractivity contribution in [3.05, 3.63) is 47.8 Å². The van der Waals surface area contributed by atoms with Gasteiger partial charge in [-0.15, -0.1) is 0 Å². The number of fused-ring (bicyclic) bond motifs is 1. The molecule has 1 aromatic heterocycles. The van der Waals surface area contributed by atoms with E-state index < -0.39 is 0 Å². The molecule has 1 saturated carbocycles. The van der Waals surface area contributed by atoms with Gasteiger partial charge >= 0.3 is 0 Å². The number of amides is 1. The molecule has 1 aromatic carbocycles. The van der Waals surface area contributed by atoms with Crippen molar-refractivity contribution in [2.45, 2.75) is 31.1 Å². The molecule has 1 aliphatic heterocycles. The van der Waals surface area contributed by atoms with Crippen LogP contribution in [0.1, 0.15) is 36.8 Å². The van der Waals surface area contributed by atoms with Crippen LogP contribution >= 0.6 is 0 Å². The molecule has 0 atom stereocenters. The minimum atomic E-state index is -0.0809. The van der Waals surface area contributed by atoms with Gasteiger partial charge in [0.2, 0.25) is 5.91 Å². The quantitative estimate of drug-likeness (QED) is 0.826. The normalized spacial score (nSPS) is 18.0. The Bertz CT molecular complexity index is 850. The molecule has 2 aromatic rings. The smallest absolute Gasteiger partial charge is 0.244 e. The predicted octanol–water partition coefficient (Wildman–Crippen LogP) is 2.83. The third-order valence-electron chi connectivity index (χ3n) is 5.47. The Kier molecular flexibility index (Phi) is 4.88. The maximum atomic E-state index is 12.3. The largest absolute Gasteiger partial charge is 0.486 e. The van der Waals surface area contributed by atoms with E-state index in [0.717, 1.165) is 29.9 Å². The maximum absolute atomic E-state index is 12.3. The molecule has 6 heteroatoms. The molecule has 1 N–H and O–H groups in total. The lowest BCUT2D eigenvalue weighted by Gasteiger charge is -2.31. The van der Waals surface area contributed by atoms with E-state index in [1.54, 1.807) is 23.0 Å². The van der Waals surface area contributed by atoms with E-state index in [0.29, 0.717) is 19.8 Å². The Morgan fingerprint density at radius 3 is 2.78 bits per heavy atom. The van der Waals surface area contributed by atoms with Crippen molar-refractivity contribution >= 4 is 12.0 Å². The van der Waals surface area contributed by atoms with Crippen LogP contribution in [0.3, 0.4) is 0 Å². The number of benzene rings is 1. The summed E-state index contributed by atoms with van der Waals surface area (Å²) >= 11 is 0. The third kappa shape index (κ3) is 3.84. The lowest BCUT2D eigenvalue weighted by atomic mass is 9.78. The molecule has 0 radical (unpaired) electrons. The molecule has 1 aliphatic carbocycles. The third-order valence-corrected chi connectivity index (χ3v) is 5.47. The number of nitrogens with zero attached hydrogens (tertiary/aromatic N) is 2. The van der Waals surface area contributed by atoms with Gasteiger partial charge < -0.3 is 14.8 Å². The number of carbonyl (C=O) groups excluding carboxylic acids is 1. The zero-order valence-corrected chi connectivity index (χ0v) is 15.6. The van der Waals surface area contributed by atoms with Crippen molar-refractivity contribution < 1.29 is 14.3 Å². The molecule has 6 nitrogen and oxygen atoms in total. The fourth-order valence-corrected chi connectivity index (χ4v) is 4.01. The van der Waals surface area contributed by atoms with Gasteiger partial charge in [-0.1, -0.05) is 18.9 Å². The monoisotopic (exact) mass is 367 g/mol. The summed E-state index contributed by atoms with van der Waals surface area (Å²) in [6, 6.07) is 6.21. The summed E-state index contributed by atoms with van der Waals surface area (Å²) in [5.74, 6) is 1.54. The van der Waals surface area contributed by atoms with Gasteiger partial charge in [-0.2, -0.15) is 5.10 Å². The minimum absolute atomic E-state index is 0.0341. The molecule has 0 saturated heterocycles. The van der Waals surface area contributed by atoms with Crippen molar-refractivity contribution in [1.29, 1.82) is 0 Å². The van der Waals surface area contributed by atoms with E-state index in [9.17, 15) is 4.79 Å².